The Hall–Kier alpha value is -2.44. The number of benzene rings is 2. The van der Waals surface area contributed by atoms with Crippen molar-refractivity contribution in [3.63, 3.8) is 0 Å². The first-order valence-electron chi connectivity index (χ1n) is 7.31. The van der Waals surface area contributed by atoms with Gasteiger partial charge in [-0.05, 0) is 12.1 Å². The van der Waals surface area contributed by atoms with Crippen molar-refractivity contribution in [2.24, 2.45) is 0 Å². The Morgan fingerprint density at radius 3 is 2.57 bits per heavy atom. The lowest BCUT2D eigenvalue weighted by molar-refractivity contribution is 0.322. The number of aliphatic hydroxyl groups is 1. The van der Waals surface area contributed by atoms with Crippen LogP contribution in [-0.4, -0.2) is 37.0 Å². The minimum Gasteiger partial charge on any atom is -0.396 e. The molecule has 0 aliphatic heterocycles. The van der Waals surface area contributed by atoms with E-state index in [1.807, 2.05) is 54.6 Å². The SMILES string of the molecule is OCCSc1nc2ccccc2c2nc(-c3ccccc3)nn12. The number of hydrogen-bond donors (Lipinski definition) is 1. The highest BCUT2D eigenvalue weighted by atomic mass is 32.2. The van der Waals surface area contributed by atoms with Gasteiger partial charge < -0.3 is 5.11 Å². The van der Waals surface area contributed by atoms with Crippen molar-refractivity contribution in [2.75, 3.05) is 12.4 Å². The molecular formula is C17H14N4OS. The zero-order chi connectivity index (χ0) is 15.6. The second kappa shape index (κ2) is 5.98. The molecule has 0 aliphatic carbocycles. The van der Waals surface area contributed by atoms with Gasteiger partial charge in [-0.2, -0.15) is 4.52 Å². The van der Waals surface area contributed by atoms with E-state index in [9.17, 15) is 0 Å². The van der Waals surface area contributed by atoms with Gasteiger partial charge in [0.25, 0.3) is 0 Å². The highest BCUT2D eigenvalue weighted by Crippen LogP contribution is 2.26. The number of hydrogen-bond acceptors (Lipinski definition) is 5. The van der Waals surface area contributed by atoms with Crippen molar-refractivity contribution in [2.45, 2.75) is 5.16 Å². The molecule has 23 heavy (non-hydrogen) atoms. The summed E-state index contributed by atoms with van der Waals surface area (Å²) in [5, 5.41) is 15.4. The Bertz CT molecular complexity index is 968. The molecule has 0 aliphatic rings. The highest BCUT2D eigenvalue weighted by Gasteiger charge is 2.14. The topological polar surface area (TPSA) is 63.3 Å². The molecule has 1 N–H and O–H groups in total. The molecule has 2 heterocycles. The third kappa shape index (κ3) is 2.56. The number of fused-ring (bicyclic) bond motifs is 3. The van der Waals surface area contributed by atoms with Gasteiger partial charge in [-0.3, -0.25) is 0 Å². The summed E-state index contributed by atoms with van der Waals surface area (Å²) in [5.41, 5.74) is 2.64. The quantitative estimate of drug-likeness (QED) is 0.462. The van der Waals surface area contributed by atoms with E-state index in [0.29, 0.717) is 11.6 Å². The molecule has 2 aromatic heterocycles. The fourth-order valence-electron chi connectivity index (χ4n) is 2.47. The lowest BCUT2D eigenvalue weighted by Gasteiger charge is -2.04. The molecule has 0 bridgehead atoms. The average Bonchev–Trinajstić information content (AvgIpc) is 3.06. The molecule has 2 aromatic carbocycles. The van der Waals surface area contributed by atoms with Gasteiger partial charge in [0.1, 0.15) is 0 Å². The Kier molecular flexibility index (Phi) is 3.69. The van der Waals surface area contributed by atoms with Crippen LogP contribution < -0.4 is 0 Å². The Morgan fingerprint density at radius 1 is 0.957 bits per heavy atom. The number of aliphatic hydroxyl groups excluding tert-OH is 1. The maximum atomic E-state index is 9.10. The molecular weight excluding hydrogens is 308 g/mol. The number of rotatable bonds is 4. The van der Waals surface area contributed by atoms with Gasteiger partial charge in [0.2, 0.25) is 0 Å². The van der Waals surface area contributed by atoms with Crippen LogP contribution in [0.1, 0.15) is 0 Å². The number of nitrogens with zero attached hydrogens (tertiary/aromatic N) is 4. The lowest BCUT2D eigenvalue weighted by atomic mass is 10.2. The molecule has 0 saturated heterocycles. The minimum atomic E-state index is 0.0981. The van der Waals surface area contributed by atoms with Crippen LogP contribution in [0.15, 0.2) is 59.8 Å². The largest absolute Gasteiger partial charge is 0.396 e. The minimum absolute atomic E-state index is 0.0981. The van der Waals surface area contributed by atoms with Crippen molar-refractivity contribution in [3.8, 4) is 11.4 Å². The number of aromatic nitrogens is 4. The monoisotopic (exact) mass is 322 g/mol. The van der Waals surface area contributed by atoms with Crippen LogP contribution in [0.3, 0.4) is 0 Å². The maximum absolute atomic E-state index is 9.10. The summed E-state index contributed by atoms with van der Waals surface area (Å²) in [6.07, 6.45) is 0. The van der Waals surface area contributed by atoms with Gasteiger partial charge in [0.05, 0.1) is 12.1 Å². The summed E-state index contributed by atoms with van der Waals surface area (Å²) in [7, 11) is 0. The molecule has 4 rings (SSSR count). The third-order valence-electron chi connectivity index (χ3n) is 3.50. The number of para-hydroxylation sites is 1. The molecule has 0 atom stereocenters. The van der Waals surface area contributed by atoms with Gasteiger partial charge in [-0.1, -0.05) is 54.2 Å². The van der Waals surface area contributed by atoms with Crippen molar-refractivity contribution in [1.29, 1.82) is 0 Å². The molecule has 0 amide bonds. The summed E-state index contributed by atoms with van der Waals surface area (Å²) in [6.45, 7) is 0.0981. The fourth-order valence-corrected chi connectivity index (χ4v) is 3.16. The Labute approximate surface area is 137 Å². The van der Waals surface area contributed by atoms with Crippen molar-refractivity contribution >= 4 is 28.3 Å². The molecule has 0 fully saturated rings. The summed E-state index contributed by atoms with van der Waals surface area (Å²) in [5.74, 6) is 1.25. The Morgan fingerprint density at radius 2 is 1.74 bits per heavy atom. The lowest BCUT2D eigenvalue weighted by Crippen LogP contribution is -1.99. The summed E-state index contributed by atoms with van der Waals surface area (Å²) in [4.78, 5) is 9.38. The molecule has 0 spiro atoms. The van der Waals surface area contributed by atoms with Crippen LogP contribution in [-0.2, 0) is 0 Å². The van der Waals surface area contributed by atoms with Crippen LogP contribution in [0.5, 0.6) is 0 Å². The average molecular weight is 322 g/mol. The van der Waals surface area contributed by atoms with Crippen LogP contribution in [0, 0.1) is 0 Å². The highest BCUT2D eigenvalue weighted by molar-refractivity contribution is 7.99. The summed E-state index contributed by atoms with van der Waals surface area (Å²) < 4.78 is 1.77. The third-order valence-corrected chi connectivity index (χ3v) is 4.41. The van der Waals surface area contributed by atoms with E-state index in [2.05, 4.69) is 10.1 Å². The van der Waals surface area contributed by atoms with E-state index < -0.39 is 0 Å². The first-order chi connectivity index (χ1) is 11.4. The van der Waals surface area contributed by atoms with Crippen LogP contribution >= 0.6 is 11.8 Å². The van der Waals surface area contributed by atoms with E-state index in [1.54, 1.807) is 4.52 Å². The molecule has 6 heteroatoms. The summed E-state index contributed by atoms with van der Waals surface area (Å²) >= 11 is 1.47. The zero-order valence-corrected chi connectivity index (χ0v) is 13.1. The van der Waals surface area contributed by atoms with E-state index in [4.69, 9.17) is 10.1 Å². The van der Waals surface area contributed by atoms with Gasteiger partial charge in [-0.25, -0.2) is 9.97 Å². The second-order valence-electron chi connectivity index (χ2n) is 5.02. The fraction of sp³-hybridized carbons (Fsp3) is 0.118. The smallest absolute Gasteiger partial charge is 0.191 e. The first-order valence-corrected chi connectivity index (χ1v) is 8.30. The predicted octanol–water partition coefficient (Wildman–Crippen LogP) is 3.03. The molecule has 114 valence electrons. The van der Waals surface area contributed by atoms with Gasteiger partial charge in [-0.15, -0.1) is 5.10 Å². The van der Waals surface area contributed by atoms with Crippen LogP contribution in [0.4, 0.5) is 0 Å². The molecule has 0 saturated carbocycles. The standard InChI is InChI=1S/C17H14N4OS/c22-10-11-23-17-18-14-9-5-4-8-13(14)16-19-15(20-21(16)17)12-6-2-1-3-7-12/h1-9,22H,10-11H2. The zero-order valence-electron chi connectivity index (χ0n) is 12.3. The second-order valence-corrected chi connectivity index (χ2v) is 6.08. The molecule has 4 aromatic rings. The van der Waals surface area contributed by atoms with E-state index in [-0.39, 0.29) is 6.61 Å². The number of thioether (sulfide) groups is 1. The van der Waals surface area contributed by atoms with Gasteiger partial charge in [0.15, 0.2) is 16.6 Å². The summed E-state index contributed by atoms with van der Waals surface area (Å²) in [6, 6.07) is 17.8. The molecule has 0 unspecified atom stereocenters. The van der Waals surface area contributed by atoms with Crippen molar-refractivity contribution in [1.82, 2.24) is 19.6 Å². The van der Waals surface area contributed by atoms with Crippen molar-refractivity contribution in [3.05, 3.63) is 54.6 Å². The normalized spacial score (nSPS) is 11.3. The van der Waals surface area contributed by atoms with Crippen LogP contribution in [0.2, 0.25) is 0 Å². The van der Waals surface area contributed by atoms with Gasteiger partial charge in [0, 0.05) is 16.7 Å². The maximum Gasteiger partial charge on any atom is 0.191 e. The predicted molar refractivity (Wildman–Crippen MR) is 91.5 cm³/mol. The van der Waals surface area contributed by atoms with E-state index in [0.717, 1.165) is 27.3 Å². The van der Waals surface area contributed by atoms with Crippen molar-refractivity contribution < 1.29 is 5.11 Å². The first kappa shape index (κ1) is 14.2. The van der Waals surface area contributed by atoms with E-state index in [1.165, 1.54) is 11.8 Å². The van der Waals surface area contributed by atoms with E-state index >= 15 is 0 Å². The molecule has 0 radical (unpaired) electrons. The Balaban J connectivity index is 1.98. The van der Waals surface area contributed by atoms with Crippen LogP contribution in [0.25, 0.3) is 27.9 Å². The van der Waals surface area contributed by atoms with Gasteiger partial charge >= 0.3 is 0 Å². The molecule has 5 nitrogen and oxygen atoms in total.